The van der Waals surface area contributed by atoms with Crippen molar-refractivity contribution in [3.63, 3.8) is 0 Å². The van der Waals surface area contributed by atoms with E-state index in [1.54, 1.807) is 12.1 Å². The largest absolute Gasteiger partial charge is 0.319 e. The fraction of sp³-hybridized carbons (Fsp3) is 0.444. The number of thiophene rings is 1. The Kier molecular flexibility index (Phi) is 4.71. The maximum atomic E-state index is 13.4. The first-order chi connectivity index (χ1) is 10.3. The van der Waals surface area contributed by atoms with Gasteiger partial charge in [-0.2, -0.15) is 0 Å². The predicted octanol–water partition coefficient (Wildman–Crippen LogP) is 4.70. The van der Waals surface area contributed by atoms with Crippen molar-refractivity contribution in [2.24, 2.45) is 0 Å². The van der Waals surface area contributed by atoms with Crippen LogP contribution in [0.2, 0.25) is 0 Å². The minimum Gasteiger partial charge on any atom is -0.319 e. The minimum absolute atomic E-state index is 0.0977. The number of hydrogen-bond donors (Lipinski definition) is 1. The third kappa shape index (κ3) is 3.35. The maximum Gasteiger partial charge on any atom is 0.123 e. The third-order valence-corrected chi connectivity index (χ3v) is 5.54. The molecule has 1 heterocycles. The molecule has 0 aliphatic heterocycles. The van der Waals surface area contributed by atoms with E-state index in [0.717, 1.165) is 19.4 Å². The summed E-state index contributed by atoms with van der Waals surface area (Å²) < 4.78 is 13.4. The van der Waals surface area contributed by atoms with Gasteiger partial charge in [0.15, 0.2) is 0 Å². The van der Waals surface area contributed by atoms with Crippen molar-refractivity contribution in [1.29, 1.82) is 0 Å². The maximum absolute atomic E-state index is 13.4. The zero-order valence-electron chi connectivity index (χ0n) is 12.4. The summed E-state index contributed by atoms with van der Waals surface area (Å²) in [7, 11) is 2.02. The molecule has 1 nitrogen and oxygen atoms in total. The average Bonchev–Trinajstić information content (AvgIpc) is 3.01. The highest BCUT2D eigenvalue weighted by molar-refractivity contribution is 7.10. The van der Waals surface area contributed by atoms with E-state index in [9.17, 15) is 4.39 Å². The van der Waals surface area contributed by atoms with E-state index >= 15 is 0 Å². The number of likely N-dealkylation sites (N-methyl/N-ethyl adjacent to an activating group) is 1. The second-order valence-corrected chi connectivity index (χ2v) is 6.92. The van der Waals surface area contributed by atoms with Crippen molar-refractivity contribution >= 4 is 11.3 Å². The summed E-state index contributed by atoms with van der Waals surface area (Å²) in [4.78, 5) is 1.46. The van der Waals surface area contributed by atoms with Crippen LogP contribution in [-0.2, 0) is 6.42 Å². The zero-order chi connectivity index (χ0) is 14.7. The SMILES string of the molecule is CNCC(CC1CCCc2cc(F)ccc21)c1cccs1. The molecule has 1 aromatic heterocycles. The molecule has 1 N–H and O–H groups in total. The van der Waals surface area contributed by atoms with Gasteiger partial charge < -0.3 is 5.32 Å². The van der Waals surface area contributed by atoms with E-state index in [0.29, 0.717) is 11.8 Å². The molecule has 112 valence electrons. The van der Waals surface area contributed by atoms with E-state index in [4.69, 9.17) is 0 Å². The number of rotatable bonds is 5. The van der Waals surface area contributed by atoms with Crippen molar-refractivity contribution in [3.05, 3.63) is 57.5 Å². The fourth-order valence-electron chi connectivity index (χ4n) is 3.54. The van der Waals surface area contributed by atoms with Gasteiger partial charge in [-0.3, -0.25) is 0 Å². The molecule has 0 fully saturated rings. The summed E-state index contributed by atoms with van der Waals surface area (Å²) in [6.07, 6.45) is 4.58. The second kappa shape index (κ2) is 6.71. The Balaban J connectivity index is 1.81. The van der Waals surface area contributed by atoms with Gasteiger partial charge in [-0.05, 0) is 73.4 Å². The molecule has 0 bridgehead atoms. The summed E-state index contributed by atoms with van der Waals surface area (Å²) >= 11 is 1.84. The number of hydrogen-bond acceptors (Lipinski definition) is 2. The number of nitrogens with one attached hydrogen (secondary N) is 1. The van der Waals surface area contributed by atoms with Crippen LogP contribution in [0.3, 0.4) is 0 Å². The highest BCUT2D eigenvalue weighted by atomic mass is 32.1. The van der Waals surface area contributed by atoms with Gasteiger partial charge in [0.05, 0.1) is 0 Å². The van der Waals surface area contributed by atoms with Crippen molar-refractivity contribution in [1.82, 2.24) is 5.32 Å². The summed E-state index contributed by atoms with van der Waals surface area (Å²) in [5.74, 6) is 1.02. The molecule has 1 aliphatic rings. The van der Waals surface area contributed by atoms with E-state index in [1.807, 2.05) is 24.5 Å². The van der Waals surface area contributed by atoms with Crippen molar-refractivity contribution < 1.29 is 4.39 Å². The first kappa shape index (κ1) is 14.7. The lowest BCUT2D eigenvalue weighted by Crippen LogP contribution is -2.20. The highest BCUT2D eigenvalue weighted by Gasteiger charge is 2.24. The van der Waals surface area contributed by atoms with E-state index in [2.05, 4.69) is 22.8 Å². The van der Waals surface area contributed by atoms with Gasteiger partial charge in [-0.25, -0.2) is 4.39 Å². The van der Waals surface area contributed by atoms with Crippen LogP contribution in [0.15, 0.2) is 35.7 Å². The monoisotopic (exact) mass is 303 g/mol. The summed E-state index contributed by atoms with van der Waals surface area (Å²) in [5, 5.41) is 5.48. The summed E-state index contributed by atoms with van der Waals surface area (Å²) in [6, 6.07) is 9.74. The molecule has 0 amide bonds. The standard InChI is InChI=1S/C18H22FNS/c1-20-12-15(18-6-3-9-21-18)10-13-4-2-5-14-11-16(19)7-8-17(13)14/h3,6-9,11,13,15,20H,2,4-5,10,12H2,1H3. The van der Waals surface area contributed by atoms with Crippen LogP contribution in [0.25, 0.3) is 0 Å². The third-order valence-electron chi connectivity index (χ3n) is 4.51. The first-order valence-electron chi connectivity index (χ1n) is 7.74. The molecule has 2 atom stereocenters. The van der Waals surface area contributed by atoms with Crippen molar-refractivity contribution in [2.45, 2.75) is 37.5 Å². The van der Waals surface area contributed by atoms with Gasteiger partial charge in [-0.1, -0.05) is 12.1 Å². The second-order valence-electron chi connectivity index (χ2n) is 5.94. The lowest BCUT2D eigenvalue weighted by atomic mass is 9.78. The minimum atomic E-state index is -0.0977. The predicted molar refractivity (Wildman–Crippen MR) is 87.7 cm³/mol. The van der Waals surface area contributed by atoms with Gasteiger partial charge in [0.1, 0.15) is 5.82 Å². The lowest BCUT2D eigenvalue weighted by molar-refractivity contribution is 0.462. The van der Waals surface area contributed by atoms with Crippen LogP contribution >= 0.6 is 11.3 Å². The number of aryl methyl sites for hydroxylation is 1. The fourth-order valence-corrected chi connectivity index (χ4v) is 4.39. The smallest absolute Gasteiger partial charge is 0.123 e. The molecule has 1 aliphatic carbocycles. The van der Waals surface area contributed by atoms with Gasteiger partial charge in [-0.15, -0.1) is 11.3 Å². The van der Waals surface area contributed by atoms with Crippen LogP contribution in [0.1, 0.15) is 47.1 Å². The van der Waals surface area contributed by atoms with Gasteiger partial charge in [0.25, 0.3) is 0 Å². The molecule has 2 unspecified atom stereocenters. The molecule has 0 saturated heterocycles. The van der Waals surface area contributed by atoms with Crippen LogP contribution in [0, 0.1) is 5.82 Å². The van der Waals surface area contributed by atoms with Crippen LogP contribution in [0.5, 0.6) is 0 Å². The summed E-state index contributed by atoms with van der Waals surface area (Å²) in [6.45, 7) is 1.01. The molecule has 3 rings (SSSR count). The Morgan fingerprint density at radius 2 is 2.29 bits per heavy atom. The Bertz CT molecular complexity index is 579. The van der Waals surface area contributed by atoms with Gasteiger partial charge in [0, 0.05) is 17.3 Å². The molecular formula is C18H22FNS. The normalized spacial score (nSPS) is 19.2. The Hall–Kier alpha value is -1.19. The molecular weight excluding hydrogens is 281 g/mol. The molecule has 1 aromatic carbocycles. The van der Waals surface area contributed by atoms with Gasteiger partial charge >= 0.3 is 0 Å². The Morgan fingerprint density at radius 3 is 3.05 bits per heavy atom. The average molecular weight is 303 g/mol. The molecule has 2 aromatic rings. The van der Waals surface area contributed by atoms with E-state index in [1.165, 1.54) is 28.8 Å². The topological polar surface area (TPSA) is 12.0 Å². The Labute approximate surface area is 130 Å². The lowest BCUT2D eigenvalue weighted by Gasteiger charge is -2.29. The van der Waals surface area contributed by atoms with E-state index in [-0.39, 0.29) is 5.82 Å². The van der Waals surface area contributed by atoms with Crippen LogP contribution in [0.4, 0.5) is 4.39 Å². The number of halogens is 1. The van der Waals surface area contributed by atoms with Gasteiger partial charge in [0.2, 0.25) is 0 Å². The first-order valence-corrected chi connectivity index (χ1v) is 8.62. The molecule has 3 heteroatoms. The Morgan fingerprint density at radius 1 is 1.38 bits per heavy atom. The van der Waals surface area contributed by atoms with Crippen molar-refractivity contribution in [3.8, 4) is 0 Å². The van der Waals surface area contributed by atoms with Crippen LogP contribution in [-0.4, -0.2) is 13.6 Å². The van der Waals surface area contributed by atoms with Crippen molar-refractivity contribution in [2.75, 3.05) is 13.6 Å². The highest BCUT2D eigenvalue weighted by Crippen LogP contribution is 2.39. The quantitative estimate of drug-likeness (QED) is 0.844. The number of fused-ring (bicyclic) bond motifs is 1. The summed E-state index contributed by atoms with van der Waals surface area (Å²) in [5.41, 5.74) is 2.60. The molecule has 0 spiro atoms. The van der Waals surface area contributed by atoms with Crippen LogP contribution < -0.4 is 5.32 Å². The van der Waals surface area contributed by atoms with E-state index < -0.39 is 0 Å². The molecule has 0 radical (unpaired) electrons. The molecule has 21 heavy (non-hydrogen) atoms. The zero-order valence-corrected chi connectivity index (χ0v) is 13.3. The molecule has 0 saturated carbocycles. The number of benzene rings is 1.